The van der Waals surface area contributed by atoms with Gasteiger partial charge in [0.05, 0.1) is 11.5 Å². The molecular formula is C15H16NaO6PS. The fraction of sp³-hybridized carbons (Fsp3) is 0.200. The molecule has 9 heteroatoms. The first kappa shape index (κ1) is 21.5. The molecule has 24 heavy (non-hydrogen) atoms. The molecule has 0 radical (unpaired) electrons. The summed E-state index contributed by atoms with van der Waals surface area (Å²) < 4.78 is 45.0. The topological polar surface area (TPSA) is 92.7 Å². The Hall–Kier alpha value is -0.500. The third-order valence-corrected chi connectivity index (χ3v) is 5.37. The maximum atomic E-state index is 11.9. The smallest absolute Gasteiger partial charge is 0.777 e. The first-order valence-electron chi connectivity index (χ1n) is 6.73. The number of benzene rings is 2. The number of hydrogen-bond donors (Lipinski definition) is 0. The largest absolute Gasteiger partial charge is 1.00 e. The van der Waals surface area contributed by atoms with Crippen LogP contribution in [0.5, 0.6) is 0 Å². The van der Waals surface area contributed by atoms with Gasteiger partial charge in [0.1, 0.15) is 6.35 Å². The zero-order valence-corrected chi connectivity index (χ0v) is 17.1. The van der Waals surface area contributed by atoms with Crippen LogP contribution in [0.1, 0.15) is 11.1 Å². The van der Waals surface area contributed by atoms with E-state index in [1.54, 1.807) is 49.4 Å². The van der Waals surface area contributed by atoms with Crippen LogP contribution in [-0.2, 0) is 30.0 Å². The summed E-state index contributed by atoms with van der Waals surface area (Å²) in [5.74, 6) is 0. The molecule has 6 nitrogen and oxygen atoms in total. The van der Waals surface area contributed by atoms with E-state index in [0.717, 1.165) is 5.56 Å². The van der Waals surface area contributed by atoms with Gasteiger partial charge in [-0.3, -0.25) is 4.18 Å². The van der Waals surface area contributed by atoms with Crippen LogP contribution in [0, 0.1) is 6.92 Å². The Kier molecular flexibility index (Phi) is 8.32. The van der Waals surface area contributed by atoms with Crippen molar-refractivity contribution < 1.29 is 56.1 Å². The SMILES string of the molecule is Cc1ccc(S(=O)(=O)OCP(=O)([O-])OCc2ccccc2)cc1.[Na+]. The number of aryl methyl sites for hydroxylation is 1. The Balaban J connectivity index is 0.00000288. The number of rotatable bonds is 7. The Morgan fingerprint density at radius 2 is 1.62 bits per heavy atom. The van der Waals surface area contributed by atoms with Gasteiger partial charge in [-0.25, -0.2) is 0 Å². The van der Waals surface area contributed by atoms with E-state index in [1.165, 1.54) is 12.1 Å². The monoisotopic (exact) mass is 378 g/mol. The molecule has 1 atom stereocenters. The second-order valence-corrected chi connectivity index (χ2v) is 8.24. The van der Waals surface area contributed by atoms with Crippen LogP contribution in [0.2, 0.25) is 0 Å². The summed E-state index contributed by atoms with van der Waals surface area (Å²) in [5.41, 5.74) is 1.54. The van der Waals surface area contributed by atoms with Gasteiger partial charge in [0, 0.05) is 0 Å². The van der Waals surface area contributed by atoms with Crippen LogP contribution >= 0.6 is 7.60 Å². The summed E-state index contributed by atoms with van der Waals surface area (Å²) >= 11 is 0. The van der Waals surface area contributed by atoms with Crippen molar-refractivity contribution in [2.24, 2.45) is 0 Å². The quantitative estimate of drug-likeness (QED) is 0.364. The molecule has 0 aliphatic carbocycles. The van der Waals surface area contributed by atoms with E-state index in [9.17, 15) is 17.9 Å². The van der Waals surface area contributed by atoms with Gasteiger partial charge in [0.2, 0.25) is 0 Å². The third kappa shape index (κ3) is 6.78. The predicted octanol–water partition coefficient (Wildman–Crippen LogP) is -0.568. The van der Waals surface area contributed by atoms with Gasteiger partial charge in [0.25, 0.3) is 10.1 Å². The fourth-order valence-corrected chi connectivity index (χ4v) is 3.79. The molecule has 0 heterocycles. The summed E-state index contributed by atoms with van der Waals surface area (Å²) in [7, 11) is -8.58. The number of hydrogen-bond acceptors (Lipinski definition) is 6. The third-order valence-electron chi connectivity index (χ3n) is 2.95. The van der Waals surface area contributed by atoms with Gasteiger partial charge in [-0.1, -0.05) is 48.0 Å². The molecule has 0 fully saturated rings. The van der Waals surface area contributed by atoms with Crippen LogP contribution in [0.25, 0.3) is 0 Å². The molecule has 0 N–H and O–H groups in total. The molecule has 0 saturated carbocycles. The minimum Gasteiger partial charge on any atom is -0.777 e. The van der Waals surface area contributed by atoms with Crippen molar-refractivity contribution in [3.8, 4) is 0 Å². The summed E-state index contributed by atoms with van der Waals surface area (Å²) in [6.45, 7) is 1.63. The second kappa shape index (κ2) is 9.27. The zero-order chi connectivity index (χ0) is 16.9. The molecule has 0 aliphatic rings. The van der Waals surface area contributed by atoms with Gasteiger partial charge in [0.15, 0.2) is 7.60 Å². The van der Waals surface area contributed by atoms with Crippen molar-refractivity contribution in [2.45, 2.75) is 18.4 Å². The summed E-state index contributed by atoms with van der Waals surface area (Å²) in [6, 6.07) is 14.6. The molecule has 0 spiro atoms. The summed E-state index contributed by atoms with van der Waals surface area (Å²) in [5, 5.41) is 0. The van der Waals surface area contributed by atoms with Gasteiger partial charge in [-0.05, 0) is 24.6 Å². The van der Waals surface area contributed by atoms with Crippen LogP contribution in [0.15, 0.2) is 59.5 Å². The van der Waals surface area contributed by atoms with Crippen molar-refractivity contribution in [2.75, 3.05) is 6.35 Å². The molecule has 0 amide bonds. The molecule has 124 valence electrons. The van der Waals surface area contributed by atoms with E-state index < -0.39 is 24.1 Å². The molecule has 1 unspecified atom stereocenters. The molecular weight excluding hydrogens is 362 g/mol. The first-order valence-corrected chi connectivity index (χ1v) is 9.87. The average Bonchev–Trinajstić information content (AvgIpc) is 2.53. The van der Waals surface area contributed by atoms with Gasteiger partial charge in [-0.15, -0.1) is 0 Å². The molecule has 0 aliphatic heterocycles. The van der Waals surface area contributed by atoms with Crippen LogP contribution in [0.4, 0.5) is 0 Å². The second-order valence-electron chi connectivity index (χ2n) is 4.88. The zero-order valence-electron chi connectivity index (χ0n) is 13.4. The minimum atomic E-state index is -4.44. The van der Waals surface area contributed by atoms with E-state index in [1.807, 2.05) is 0 Å². The Morgan fingerprint density at radius 1 is 1.04 bits per heavy atom. The van der Waals surface area contributed by atoms with Crippen molar-refractivity contribution in [1.29, 1.82) is 0 Å². The van der Waals surface area contributed by atoms with Crippen molar-refractivity contribution in [3.05, 3.63) is 65.7 Å². The van der Waals surface area contributed by atoms with E-state index in [-0.39, 0.29) is 41.1 Å². The summed E-state index contributed by atoms with van der Waals surface area (Å²) in [4.78, 5) is 11.6. The van der Waals surface area contributed by atoms with Gasteiger partial charge >= 0.3 is 29.6 Å². The predicted molar refractivity (Wildman–Crippen MR) is 83.2 cm³/mol. The van der Waals surface area contributed by atoms with Gasteiger partial charge in [-0.2, -0.15) is 8.42 Å². The Labute approximate surface area is 163 Å². The first-order chi connectivity index (χ1) is 10.8. The average molecular weight is 378 g/mol. The fourth-order valence-electron chi connectivity index (χ4n) is 1.69. The molecule has 0 saturated heterocycles. The Morgan fingerprint density at radius 3 is 2.21 bits per heavy atom. The van der Waals surface area contributed by atoms with Crippen molar-refractivity contribution >= 4 is 17.7 Å². The van der Waals surface area contributed by atoms with Crippen LogP contribution < -0.4 is 34.5 Å². The minimum absolute atomic E-state index is 0. The normalized spacial score (nSPS) is 13.8. The van der Waals surface area contributed by atoms with Crippen molar-refractivity contribution in [1.82, 2.24) is 0 Å². The standard InChI is InChI=1S/C15H17O6PS.Na/c1-13-7-9-15(10-8-13)23(18,19)21-12-22(16,17)20-11-14-5-3-2-4-6-14;/h2-10H,11-12H2,1H3,(H,16,17);/q;+1/p-1. The van der Waals surface area contributed by atoms with E-state index >= 15 is 0 Å². The maximum Gasteiger partial charge on any atom is 1.00 e. The van der Waals surface area contributed by atoms with Crippen LogP contribution in [0.3, 0.4) is 0 Å². The molecule has 2 aromatic carbocycles. The maximum absolute atomic E-state index is 11.9. The molecule has 2 aromatic rings. The van der Waals surface area contributed by atoms with Crippen LogP contribution in [-0.4, -0.2) is 14.8 Å². The molecule has 0 bridgehead atoms. The Bertz CT molecular complexity index is 792. The van der Waals surface area contributed by atoms with E-state index in [2.05, 4.69) is 4.18 Å². The van der Waals surface area contributed by atoms with E-state index in [4.69, 9.17) is 4.52 Å². The van der Waals surface area contributed by atoms with E-state index in [0.29, 0.717) is 5.56 Å². The molecule has 2 rings (SSSR count). The van der Waals surface area contributed by atoms with Gasteiger partial charge < -0.3 is 14.0 Å². The summed E-state index contributed by atoms with van der Waals surface area (Å²) in [6.07, 6.45) is -1.05. The van der Waals surface area contributed by atoms with Crippen molar-refractivity contribution in [3.63, 3.8) is 0 Å². The molecule has 0 aromatic heterocycles.